The van der Waals surface area contributed by atoms with Gasteiger partial charge in [0.25, 0.3) is 5.91 Å². The summed E-state index contributed by atoms with van der Waals surface area (Å²) in [4.78, 5) is 17.8. The standard InChI is InChI=1S/C23H28N4O4S2/c1-5-26(6-2)33(29,30)18-13-14-21(31-7-3)19(15-18)25-22(28)20-16-24-23(32-4)27(20)17-11-9-8-10-12-17/h8-16H,5-7H2,1-4H3,(H,25,28). The van der Waals surface area contributed by atoms with E-state index in [4.69, 9.17) is 4.74 Å². The fourth-order valence-electron chi connectivity index (χ4n) is 3.41. The summed E-state index contributed by atoms with van der Waals surface area (Å²) in [6.45, 7) is 6.45. The summed E-state index contributed by atoms with van der Waals surface area (Å²) in [5.41, 5.74) is 1.40. The van der Waals surface area contributed by atoms with Gasteiger partial charge in [0.15, 0.2) is 5.16 Å². The Kier molecular flexibility index (Phi) is 8.17. The summed E-state index contributed by atoms with van der Waals surface area (Å²) >= 11 is 1.42. The van der Waals surface area contributed by atoms with Crippen molar-refractivity contribution in [1.82, 2.24) is 13.9 Å². The molecule has 0 bridgehead atoms. The molecule has 0 aliphatic carbocycles. The highest BCUT2D eigenvalue weighted by Gasteiger charge is 2.24. The van der Waals surface area contributed by atoms with Gasteiger partial charge in [0.05, 0.1) is 23.4 Å². The summed E-state index contributed by atoms with van der Waals surface area (Å²) in [6, 6.07) is 13.9. The molecule has 33 heavy (non-hydrogen) atoms. The number of carbonyl (C=O) groups excluding carboxylic acids is 1. The second-order valence-electron chi connectivity index (χ2n) is 6.94. The first kappa shape index (κ1) is 24.8. The van der Waals surface area contributed by atoms with Gasteiger partial charge in [-0.05, 0) is 43.5 Å². The molecule has 10 heteroatoms. The number of imidazole rings is 1. The number of nitrogens with one attached hydrogen (secondary N) is 1. The molecule has 1 aromatic heterocycles. The maximum atomic E-state index is 13.3. The lowest BCUT2D eigenvalue weighted by atomic mass is 10.2. The van der Waals surface area contributed by atoms with E-state index in [1.165, 1.54) is 34.4 Å². The molecule has 0 spiro atoms. The Morgan fingerprint density at radius 3 is 2.42 bits per heavy atom. The third-order valence-electron chi connectivity index (χ3n) is 5.00. The van der Waals surface area contributed by atoms with Crippen molar-refractivity contribution in [1.29, 1.82) is 0 Å². The number of sulfonamides is 1. The molecule has 3 rings (SSSR count). The predicted octanol–water partition coefficient (Wildman–Crippen LogP) is 4.28. The second-order valence-corrected chi connectivity index (χ2v) is 9.65. The summed E-state index contributed by atoms with van der Waals surface area (Å²) in [7, 11) is -3.70. The molecule has 0 atom stereocenters. The van der Waals surface area contributed by atoms with Crippen LogP contribution in [0, 0.1) is 0 Å². The molecule has 1 heterocycles. The number of benzene rings is 2. The highest BCUT2D eigenvalue weighted by atomic mass is 32.2. The van der Waals surface area contributed by atoms with Crippen LogP contribution in [0.1, 0.15) is 31.3 Å². The van der Waals surface area contributed by atoms with E-state index in [0.29, 0.717) is 36.3 Å². The molecule has 0 unspecified atom stereocenters. The smallest absolute Gasteiger partial charge is 0.274 e. The fourth-order valence-corrected chi connectivity index (χ4v) is 5.44. The lowest BCUT2D eigenvalue weighted by Crippen LogP contribution is -2.30. The molecule has 2 aromatic carbocycles. The van der Waals surface area contributed by atoms with Crippen LogP contribution in [0.3, 0.4) is 0 Å². The highest BCUT2D eigenvalue weighted by Crippen LogP contribution is 2.30. The van der Waals surface area contributed by atoms with E-state index in [-0.39, 0.29) is 10.6 Å². The van der Waals surface area contributed by atoms with Crippen LogP contribution in [0.15, 0.2) is 64.8 Å². The van der Waals surface area contributed by atoms with Crippen LogP contribution in [0.4, 0.5) is 5.69 Å². The molecular weight excluding hydrogens is 460 g/mol. The van der Waals surface area contributed by atoms with E-state index in [1.807, 2.05) is 43.5 Å². The van der Waals surface area contributed by atoms with E-state index in [1.54, 1.807) is 24.5 Å². The van der Waals surface area contributed by atoms with Crippen molar-refractivity contribution in [2.75, 3.05) is 31.3 Å². The van der Waals surface area contributed by atoms with Gasteiger partial charge >= 0.3 is 0 Å². The third kappa shape index (κ3) is 5.23. The largest absolute Gasteiger partial charge is 0.492 e. The molecule has 0 aliphatic heterocycles. The second kappa shape index (κ2) is 10.9. The number of thioether (sulfide) groups is 1. The number of aromatic nitrogens is 2. The van der Waals surface area contributed by atoms with Gasteiger partial charge in [-0.1, -0.05) is 43.8 Å². The maximum absolute atomic E-state index is 13.3. The first-order valence-corrected chi connectivity index (χ1v) is 13.3. The highest BCUT2D eigenvalue weighted by molar-refractivity contribution is 7.98. The van der Waals surface area contributed by atoms with E-state index in [2.05, 4.69) is 10.3 Å². The summed E-state index contributed by atoms with van der Waals surface area (Å²) < 4.78 is 34.8. The number of carbonyl (C=O) groups is 1. The molecule has 1 N–H and O–H groups in total. The Morgan fingerprint density at radius 1 is 1.12 bits per heavy atom. The van der Waals surface area contributed by atoms with Crippen LogP contribution in [0.5, 0.6) is 5.75 Å². The number of hydrogen-bond donors (Lipinski definition) is 1. The minimum Gasteiger partial charge on any atom is -0.492 e. The third-order valence-corrected chi connectivity index (χ3v) is 7.70. The van der Waals surface area contributed by atoms with Gasteiger partial charge in [0, 0.05) is 18.8 Å². The monoisotopic (exact) mass is 488 g/mol. The van der Waals surface area contributed by atoms with Gasteiger partial charge < -0.3 is 10.1 Å². The van der Waals surface area contributed by atoms with Gasteiger partial charge in [-0.3, -0.25) is 9.36 Å². The lowest BCUT2D eigenvalue weighted by Gasteiger charge is -2.20. The SMILES string of the molecule is CCOc1ccc(S(=O)(=O)N(CC)CC)cc1NC(=O)c1cnc(SC)n1-c1ccccc1. The molecule has 3 aromatic rings. The maximum Gasteiger partial charge on any atom is 0.274 e. The zero-order valence-electron chi connectivity index (χ0n) is 19.1. The predicted molar refractivity (Wildman–Crippen MR) is 131 cm³/mol. The van der Waals surface area contributed by atoms with Crippen LogP contribution in [0.2, 0.25) is 0 Å². The number of para-hydroxylation sites is 1. The number of nitrogens with zero attached hydrogens (tertiary/aromatic N) is 3. The Hall–Kier alpha value is -2.82. The molecule has 176 valence electrons. The first-order chi connectivity index (χ1) is 15.9. The van der Waals surface area contributed by atoms with Crippen molar-refractivity contribution in [3.05, 3.63) is 60.4 Å². The Bertz CT molecular complexity index is 1210. The van der Waals surface area contributed by atoms with Crippen molar-refractivity contribution in [2.24, 2.45) is 0 Å². The summed E-state index contributed by atoms with van der Waals surface area (Å²) in [5, 5.41) is 3.49. The molecule has 0 saturated carbocycles. The van der Waals surface area contributed by atoms with Crippen molar-refractivity contribution < 1.29 is 17.9 Å². The average Bonchev–Trinajstić information content (AvgIpc) is 3.26. The zero-order valence-corrected chi connectivity index (χ0v) is 20.7. The van der Waals surface area contributed by atoms with E-state index >= 15 is 0 Å². The van der Waals surface area contributed by atoms with Gasteiger partial charge in [-0.15, -0.1) is 0 Å². The average molecular weight is 489 g/mol. The minimum atomic E-state index is -3.70. The van der Waals surface area contributed by atoms with Gasteiger partial charge in [-0.25, -0.2) is 13.4 Å². The molecule has 1 amide bonds. The van der Waals surface area contributed by atoms with Crippen LogP contribution < -0.4 is 10.1 Å². The van der Waals surface area contributed by atoms with Gasteiger partial charge in [0.2, 0.25) is 10.0 Å². The Labute approximate surface area is 199 Å². The van der Waals surface area contributed by atoms with Crippen molar-refractivity contribution in [3.8, 4) is 11.4 Å². The van der Waals surface area contributed by atoms with Crippen molar-refractivity contribution in [2.45, 2.75) is 30.8 Å². The van der Waals surface area contributed by atoms with Crippen LogP contribution in [-0.2, 0) is 10.0 Å². The van der Waals surface area contributed by atoms with E-state index in [9.17, 15) is 13.2 Å². The van der Waals surface area contributed by atoms with Gasteiger partial charge in [0.1, 0.15) is 11.4 Å². The molecule has 0 radical (unpaired) electrons. The number of amides is 1. The number of hydrogen-bond acceptors (Lipinski definition) is 6. The van der Waals surface area contributed by atoms with Crippen LogP contribution in [0.25, 0.3) is 5.69 Å². The Morgan fingerprint density at radius 2 is 1.82 bits per heavy atom. The normalized spacial score (nSPS) is 11.5. The quantitative estimate of drug-likeness (QED) is 0.428. The summed E-state index contributed by atoms with van der Waals surface area (Å²) in [5.74, 6) is -0.0368. The molecule has 0 aliphatic rings. The molecule has 0 saturated heterocycles. The van der Waals surface area contributed by atoms with E-state index in [0.717, 1.165) is 5.69 Å². The Balaban J connectivity index is 2.03. The fraction of sp³-hybridized carbons (Fsp3) is 0.304. The first-order valence-electron chi connectivity index (χ1n) is 10.6. The summed E-state index contributed by atoms with van der Waals surface area (Å²) in [6.07, 6.45) is 3.39. The number of anilines is 1. The lowest BCUT2D eigenvalue weighted by molar-refractivity contribution is 0.101. The minimum absolute atomic E-state index is 0.0892. The van der Waals surface area contributed by atoms with Crippen LogP contribution in [-0.4, -0.2) is 54.1 Å². The van der Waals surface area contributed by atoms with Crippen LogP contribution >= 0.6 is 11.8 Å². The molecule has 8 nitrogen and oxygen atoms in total. The van der Waals surface area contributed by atoms with Crippen molar-refractivity contribution in [3.63, 3.8) is 0 Å². The zero-order chi connectivity index (χ0) is 24.0. The van der Waals surface area contributed by atoms with Crippen molar-refractivity contribution >= 4 is 33.4 Å². The molecular formula is C23H28N4O4S2. The topological polar surface area (TPSA) is 93.5 Å². The number of rotatable bonds is 10. The van der Waals surface area contributed by atoms with Gasteiger partial charge in [-0.2, -0.15) is 4.31 Å². The van der Waals surface area contributed by atoms with E-state index < -0.39 is 15.9 Å². The number of ether oxygens (including phenoxy) is 1. The molecule has 0 fully saturated rings.